The number of nitrogens with zero attached hydrogens (tertiary/aromatic N) is 3. The lowest BCUT2D eigenvalue weighted by molar-refractivity contribution is 0.390. The molecule has 8 heteroatoms. The number of nitrogens with one attached hydrogen (secondary N) is 1. The number of hydrogen-bond donors (Lipinski definition) is 1. The Hall–Kier alpha value is -2.09. The fourth-order valence-corrected chi connectivity index (χ4v) is 4.75. The average molecular weight is 364 g/mol. The summed E-state index contributed by atoms with van der Waals surface area (Å²) in [6.45, 7) is 3.18. The molecule has 0 radical (unpaired) electrons. The van der Waals surface area contributed by atoms with E-state index in [2.05, 4.69) is 19.8 Å². The van der Waals surface area contributed by atoms with Crippen molar-refractivity contribution in [2.75, 3.05) is 16.7 Å². The molecule has 0 bridgehead atoms. The van der Waals surface area contributed by atoms with Crippen LogP contribution in [0, 0.1) is 13.8 Å². The van der Waals surface area contributed by atoms with E-state index in [9.17, 15) is 8.42 Å². The van der Waals surface area contributed by atoms with Gasteiger partial charge in [0.2, 0.25) is 0 Å². The molecule has 3 rings (SSSR count). The van der Waals surface area contributed by atoms with E-state index in [1.165, 1.54) is 32.1 Å². The minimum absolute atomic E-state index is 0.0795. The van der Waals surface area contributed by atoms with Gasteiger partial charge >= 0.3 is 0 Å². The SMILES string of the molecule is Cc1noc(C)c1S(=O)(=O)Nc1ccc(N(C)C2CCCCC2)nc1. The van der Waals surface area contributed by atoms with Crippen LogP contribution in [0.1, 0.15) is 43.6 Å². The molecule has 1 saturated carbocycles. The zero-order valence-electron chi connectivity index (χ0n) is 14.8. The van der Waals surface area contributed by atoms with Crippen molar-refractivity contribution in [3.63, 3.8) is 0 Å². The third kappa shape index (κ3) is 3.78. The molecule has 0 saturated heterocycles. The lowest BCUT2D eigenvalue weighted by atomic mass is 9.94. The summed E-state index contributed by atoms with van der Waals surface area (Å²) in [6, 6.07) is 4.09. The van der Waals surface area contributed by atoms with Gasteiger partial charge in [-0.2, -0.15) is 0 Å². The largest absolute Gasteiger partial charge is 0.360 e. The molecule has 1 fully saturated rings. The molecule has 2 aromatic heterocycles. The number of aromatic nitrogens is 2. The molecule has 1 N–H and O–H groups in total. The highest BCUT2D eigenvalue weighted by molar-refractivity contribution is 7.92. The Kier molecular flexibility index (Phi) is 4.99. The zero-order valence-corrected chi connectivity index (χ0v) is 15.6. The quantitative estimate of drug-likeness (QED) is 0.876. The van der Waals surface area contributed by atoms with Gasteiger partial charge in [-0.25, -0.2) is 13.4 Å². The lowest BCUT2D eigenvalue weighted by Gasteiger charge is -2.32. The van der Waals surface area contributed by atoms with E-state index in [0.717, 1.165) is 5.82 Å². The molecular weight excluding hydrogens is 340 g/mol. The number of hydrogen-bond acceptors (Lipinski definition) is 6. The van der Waals surface area contributed by atoms with Crippen LogP contribution < -0.4 is 9.62 Å². The van der Waals surface area contributed by atoms with Crippen molar-refractivity contribution in [1.82, 2.24) is 10.1 Å². The summed E-state index contributed by atoms with van der Waals surface area (Å²) in [7, 11) is -1.70. The van der Waals surface area contributed by atoms with Gasteiger partial charge in [0.1, 0.15) is 11.5 Å². The van der Waals surface area contributed by atoms with Gasteiger partial charge in [-0.15, -0.1) is 0 Å². The van der Waals surface area contributed by atoms with Crippen molar-refractivity contribution < 1.29 is 12.9 Å². The summed E-state index contributed by atoms with van der Waals surface area (Å²) in [5, 5.41) is 3.70. The van der Waals surface area contributed by atoms with Crippen molar-refractivity contribution >= 4 is 21.5 Å². The summed E-state index contributed by atoms with van der Waals surface area (Å²) in [5.74, 6) is 1.12. The highest BCUT2D eigenvalue weighted by atomic mass is 32.2. The van der Waals surface area contributed by atoms with Crippen LogP contribution in [0.2, 0.25) is 0 Å². The third-order valence-electron chi connectivity index (χ3n) is 4.72. The molecule has 0 aliphatic heterocycles. The van der Waals surface area contributed by atoms with E-state index in [0.29, 0.717) is 17.4 Å². The molecule has 2 heterocycles. The van der Waals surface area contributed by atoms with Crippen molar-refractivity contribution in [3.8, 4) is 0 Å². The van der Waals surface area contributed by atoms with E-state index in [4.69, 9.17) is 4.52 Å². The Balaban J connectivity index is 1.74. The van der Waals surface area contributed by atoms with Gasteiger partial charge in [-0.05, 0) is 38.8 Å². The minimum Gasteiger partial charge on any atom is -0.360 e. The summed E-state index contributed by atoms with van der Waals surface area (Å²) in [5.41, 5.74) is 0.757. The predicted molar refractivity (Wildman–Crippen MR) is 96.3 cm³/mol. The summed E-state index contributed by atoms with van der Waals surface area (Å²) >= 11 is 0. The Morgan fingerprint density at radius 1 is 1.20 bits per heavy atom. The lowest BCUT2D eigenvalue weighted by Crippen LogP contribution is -2.33. The highest BCUT2D eigenvalue weighted by Crippen LogP contribution is 2.26. The first-order valence-electron chi connectivity index (χ1n) is 8.53. The normalized spacial score (nSPS) is 16.0. The van der Waals surface area contributed by atoms with Crippen LogP contribution in [-0.2, 0) is 10.0 Å². The number of anilines is 2. The van der Waals surface area contributed by atoms with Crippen LogP contribution in [0.3, 0.4) is 0 Å². The average Bonchev–Trinajstić information content (AvgIpc) is 2.95. The van der Waals surface area contributed by atoms with Crippen molar-refractivity contribution in [1.29, 1.82) is 0 Å². The fraction of sp³-hybridized carbons (Fsp3) is 0.529. The van der Waals surface area contributed by atoms with Crippen LogP contribution in [0.4, 0.5) is 11.5 Å². The maximum atomic E-state index is 12.5. The Bertz CT molecular complexity index is 805. The van der Waals surface area contributed by atoms with Gasteiger partial charge in [-0.1, -0.05) is 24.4 Å². The Morgan fingerprint density at radius 2 is 1.92 bits per heavy atom. The molecule has 136 valence electrons. The van der Waals surface area contributed by atoms with Gasteiger partial charge in [0.25, 0.3) is 10.0 Å². The van der Waals surface area contributed by atoms with Crippen LogP contribution in [0.15, 0.2) is 27.7 Å². The third-order valence-corrected chi connectivity index (χ3v) is 6.35. The monoisotopic (exact) mass is 364 g/mol. The van der Waals surface area contributed by atoms with Crippen molar-refractivity contribution in [2.24, 2.45) is 0 Å². The molecule has 0 unspecified atom stereocenters. The molecule has 7 nitrogen and oxygen atoms in total. The second-order valence-corrected chi connectivity index (χ2v) is 8.19. The first-order chi connectivity index (χ1) is 11.9. The molecule has 25 heavy (non-hydrogen) atoms. The minimum atomic E-state index is -3.74. The van der Waals surface area contributed by atoms with Gasteiger partial charge in [0, 0.05) is 13.1 Å². The van der Waals surface area contributed by atoms with Crippen LogP contribution in [-0.4, -0.2) is 31.6 Å². The Labute approximate surface area is 148 Å². The van der Waals surface area contributed by atoms with Crippen molar-refractivity contribution in [2.45, 2.75) is 56.9 Å². The zero-order chi connectivity index (χ0) is 18.0. The van der Waals surface area contributed by atoms with Crippen molar-refractivity contribution in [3.05, 3.63) is 29.8 Å². The van der Waals surface area contributed by atoms with E-state index < -0.39 is 10.0 Å². The molecule has 0 atom stereocenters. The standard InChI is InChI=1S/C17H24N4O3S/c1-12-17(13(2)24-19-12)25(22,23)20-14-9-10-16(18-11-14)21(3)15-7-5-4-6-8-15/h9-11,15,20H,4-8H2,1-3H3. The van der Waals surface area contributed by atoms with Crippen LogP contribution >= 0.6 is 0 Å². The second kappa shape index (κ2) is 7.03. The molecule has 1 aliphatic rings. The number of pyridine rings is 1. The highest BCUT2D eigenvalue weighted by Gasteiger charge is 2.24. The molecular formula is C17H24N4O3S. The second-order valence-electron chi connectivity index (χ2n) is 6.57. The van der Waals surface area contributed by atoms with E-state index in [1.54, 1.807) is 26.1 Å². The van der Waals surface area contributed by atoms with E-state index >= 15 is 0 Å². The van der Waals surface area contributed by atoms with E-state index in [-0.39, 0.29) is 10.7 Å². The Morgan fingerprint density at radius 3 is 2.48 bits per heavy atom. The topological polar surface area (TPSA) is 88.3 Å². The van der Waals surface area contributed by atoms with Gasteiger partial charge in [-0.3, -0.25) is 4.72 Å². The number of sulfonamides is 1. The summed E-state index contributed by atoms with van der Waals surface area (Å²) < 4.78 is 32.5. The number of aryl methyl sites for hydroxylation is 2. The first-order valence-corrected chi connectivity index (χ1v) is 10.0. The van der Waals surface area contributed by atoms with Gasteiger partial charge in [0.05, 0.1) is 11.9 Å². The molecule has 0 spiro atoms. The molecule has 1 aliphatic carbocycles. The number of rotatable bonds is 5. The van der Waals surface area contributed by atoms with Crippen LogP contribution in [0.5, 0.6) is 0 Å². The smallest absolute Gasteiger partial charge is 0.267 e. The fourth-order valence-electron chi connectivity index (χ4n) is 3.37. The van der Waals surface area contributed by atoms with Crippen LogP contribution in [0.25, 0.3) is 0 Å². The summed E-state index contributed by atoms with van der Waals surface area (Å²) in [4.78, 5) is 6.69. The summed E-state index contributed by atoms with van der Waals surface area (Å²) in [6.07, 6.45) is 7.72. The van der Waals surface area contributed by atoms with E-state index in [1.807, 2.05) is 13.1 Å². The first kappa shape index (κ1) is 17.7. The maximum Gasteiger partial charge on any atom is 0.267 e. The molecule has 2 aromatic rings. The molecule has 0 amide bonds. The van der Waals surface area contributed by atoms with Gasteiger partial charge in [0.15, 0.2) is 10.7 Å². The maximum absolute atomic E-state index is 12.5. The predicted octanol–water partition coefficient (Wildman–Crippen LogP) is 3.26. The molecule has 0 aromatic carbocycles. The van der Waals surface area contributed by atoms with Gasteiger partial charge < -0.3 is 9.42 Å².